The number of hydrogen-bond acceptors (Lipinski definition) is 3. The Labute approximate surface area is 114 Å². The fraction of sp³-hybridized carbons (Fsp3) is 0.364. The van der Waals surface area contributed by atoms with Gasteiger partial charge in [-0.2, -0.15) is 11.8 Å². The van der Waals surface area contributed by atoms with Gasteiger partial charge in [-0.15, -0.1) is 0 Å². The van der Waals surface area contributed by atoms with E-state index in [0.717, 1.165) is 18.1 Å². The second kappa shape index (κ2) is 5.96. The van der Waals surface area contributed by atoms with Crippen molar-refractivity contribution in [2.75, 3.05) is 23.4 Å². The van der Waals surface area contributed by atoms with Crippen LogP contribution in [0.15, 0.2) is 18.2 Å². The van der Waals surface area contributed by atoms with E-state index < -0.39 is 0 Å². The van der Waals surface area contributed by atoms with Crippen LogP contribution in [-0.4, -0.2) is 30.0 Å². The molecule has 1 aromatic carbocycles. The molecular formula is C11H12Cl2N2OS. The second-order valence-corrected chi connectivity index (χ2v) is 5.66. The van der Waals surface area contributed by atoms with Gasteiger partial charge in [0, 0.05) is 23.7 Å². The van der Waals surface area contributed by atoms with Gasteiger partial charge in [-0.05, 0) is 18.2 Å². The van der Waals surface area contributed by atoms with Crippen molar-refractivity contribution < 1.29 is 4.79 Å². The van der Waals surface area contributed by atoms with E-state index in [1.165, 1.54) is 0 Å². The van der Waals surface area contributed by atoms with Gasteiger partial charge in [0.15, 0.2) is 0 Å². The standard InChI is InChI=1S/C11H12Cl2N2OS/c12-8-2-1-7(5-9(8)13)15-11(16)10-6-17-4-3-14-10/h1-2,5,10,14H,3-4,6H2,(H,15,16). The van der Waals surface area contributed by atoms with Crippen LogP contribution in [0.2, 0.25) is 10.0 Å². The van der Waals surface area contributed by atoms with E-state index in [9.17, 15) is 4.79 Å². The maximum atomic E-state index is 11.9. The number of nitrogens with one attached hydrogen (secondary N) is 2. The van der Waals surface area contributed by atoms with Gasteiger partial charge < -0.3 is 10.6 Å². The van der Waals surface area contributed by atoms with E-state index in [-0.39, 0.29) is 11.9 Å². The molecule has 0 saturated carbocycles. The van der Waals surface area contributed by atoms with E-state index in [4.69, 9.17) is 23.2 Å². The SMILES string of the molecule is O=C(Nc1ccc(Cl)c(Cl)c1)C1CSCCN1. The van der Waals surface area contributed by atoms with Crippen molar-refractivity contribution in [2.24, 2.45) is 0 Å². The Hall–Kier alpha value is -0.420. The lowest BCUT2D eigenvalue weighted by atomic mass is 10.2. The third-order valence-corrected chi connectivity index (χ3v) is 4.23. The number of benzene rings is 1. The van der Waals surface area contributed by atoms with Crippen LogP contribution in [0.1, 0.15) is 0 Å². The third kappa shape index (κ3) is 3.52. The Morgan fingerprint density at radius 3 is 2.88 bits per heavy atom. The summed E-state index contributed by atoms with van der Waals surface area (Å²) in [6, 6.07) is 4.92. The molecule has 1 unspecified atom stereocenters. The maximum absolute atomic E-state index is 11.9. The molecule has 92 valence electrons. The summed E-state index contributed by atoms with van der Waals surface area (Å²) in [6.07, 6.45) is 0. The number of thioether (sulfide) groups is 1. The number of anilines is 1. The third-order valence-electron chi connectivity index (χ3n) is 2.43. The van der Waals surface area contributed by atoms with Crippen LogP contribution in [0.25, 0.3) is 0 Å². The predicted molar refractivity (Wildman–Crippen MR) is 74.2 cm³/mol. The van der Waals surface area contributed by atoms with E-state index in [0.29, 0.717) is 15.7 Å². The molecule has 0 aliphatic carbocycles. The fourth-order valence-electron chi connectivity index (χ4n) is 1.54. The van der Waals surface area contributed by atoms with Crippen LogP contribution in [-0.2, 0) is 4.79 Å². The van der Waals surface area contributed by atoms with Crippen molar-refractivity contribution in [1.82, 2.24) is 5.32 Å². The molecular weight excluding hydrogens is 279 g/mol. The van der Waals surface area contributed by atoms with E-state index in [1.54, 1.807) is 30.0 Å². The summed E-state index contributed by atoms with van der Waals surface area (Å²) in [5.74, 6) is 1.82. The zero-order chi connectivity index (χ0) is 12.3. The van der Waals surface area contributed by atoms with Crippen LogP contribution in [0.3, 0.4) is 0 Å². The van der Waals surface area contributed by atoms with Gasteiger partial charge in [-0.3, -0.25) is 4.79 Å². The Kier molecular flexibility index (Phi) is 4.56. The van der Waals surface area contributed by atoms with Crippen molar-refractivity contribution in [3.63, 3.8) is 0 Å². The summed E-state index contributed by atoms with van der Waals surface area (Å²) >= 11 is 13.5. The Morgan fingerprint density at radius 2 is 2.24 bits per heavy atom. The molecule has 1 heterocycles. The summed E-state index contributed by atoms with van der Waals surface area (Å²) in [4.78, 5) is 11.9. The fourth-order valence-corrected chi connectivity index (χ4v) is 2.77. The molecule has 17 heavy (non-hydrogen) atoms. The van der Waals surface area contributed by atoms with Gasteiger partial charge in [-0.1, -0.05) is 23.2 Å². The highest BCUT2D eigenvalue weighted by molar-refractivity contribution is 7.99. The maximum Gasteiger partial charge on any atom is 0.242 e. The van der Waals surface area contributed by atoms with Crippen molar-refractivity contribution >= 4 is 46.6 Å². The van der Waals surface area contributed by atoms with Crippen LogP contribution < -0.4 is 10.6 Å². The zero-order valence-electron chi connectivity index (χ0n) is 9.00. The van der Waals surface area contributed by atoms with Gasteiger partial charge in [-0.25, -0.2) is 0 Å². The van der Waals surface area contributed by atoms with Crippen molar-refractivity contribution in [2.45, 2.75) is 6.04 Å². The molecule has 1 atom stereocenters. The first-order chi connectivity index (χ1) is 8.16. The topological polar surface area (TPSA) is 41.1 Å². The molecule has 1 aromatic rings. The van der Waals surface area contributed by atoms with Gasteiger partial charge >= 0.3 is 0 Å². The number of rotatable bonds is 2. The van der Waals surface area contributed by atoms with E-state index in [1.807, 2.05) is 0 Å². The van der Waals surface area contributed by atoms with Gasteiger partial charge in [0.1, 0.15) is 0 Å². The number of hydrogen-bond donors (Lipinski definition) is 2. The summed E-state index contributed by atoms with van der Waals surface area (Å²) < 4.78 is 0. The van der Waals surface area contributed by atoms with Crippen LogP contribution in [0, 0.1) is 0 Å². The molecule has 0 aromatic heterocycles. The molecule has 1 aliphatic heterocycles. The number of halogens is 2. The molecule has 1 aliphatic rings. The first-order valence-corrected chi connectivity index (χ1v) is 7.15. The van der Waals surface area contributed by atoms with Crippen LogP contribution >= 0.6 is 35.0 Å². The minimum atomic E-state index is -0.136. The quantitative estimate of drug-likeness (QED) is 0.880. The Balaban J connectivity index is 1.99. The molecule has 0 radical (unpaired) electrons. The minimum Gasteiger partial charge on any atom is -0.325 e. The lowest BCUT2D eigenvalue weighted by Crippen LogP contribution is -2.46. The van der Waals surface area contributed by atoms with Crippen molar-refractivity contribution in [3.8, 4) is 0 Å². The van der Waals surface area contributed by atoms with Gasteiger partial charge in [0.05, 0.1) is 16.1 Å². The molecule has 2 rings (SSSR count). The van der Waals surface area contributed by atoms with E-state index >= 15 is 0 Å². The first kappa shape index (κ1) is 13.0. The summed E-state index contributed by atoms with van der Waals surface area (Å²) in [6.45, 7) is 0.865. The first-order valence-electron chi connectivity index (χ1n) is 5.24. The highest BCUT2D eigenvalue weighted by atomic mass is 35.5. The molecule has 1 fully saturated rings. The van der Waals surface area contributed by atoms with Gasteiger partial charge in [0.2, 0.25) is 5.91 Å². The molecule has 0 spiro atoms. The lowest BCUT2D eigenvalue weighted by Gasteiger charge is -2.22. The smallest absolute Gasteiger partial charge is 0.242 e. The number of carbonyl (C=O) groups is 1. The largest absolute Gasteiger partial charge is 0.325 e. The highest BCUT2D eigenvalue weighted by Gasteiger charge is 2.20. The second-order valence-electron chi connectivity index (χ2n) is 3.70. The zero-order valence-corrected chi connectivity index (χ0v) is 11.3. The average molecular weight is 291 g/mol. The molecule has 1 saturated heterocycles. The number of carbonyl (C=O) groups excluding carboxylic acids is 1. The van der Waals surface area contributed by atoms with Crippen molar-refractivity contribution in [3.05, 3.63) is 28.2 Å². The number of amides is 1. The minimum absolute atomic E-state index is 0.0319. The van der Waals surface area contributed by atoms with Crippen LogP contribution in [0.5, 0.6) is 0 Å². The van der Waals surface area contributed by atoms with E-state index in [2.05, 4.69) is 10.6 Å². The predicted octanol–water partition coefficient (Wildman–Crippen LogP) is 2.64. The normalized spacial score (nSPS) is 20.0. The molecule has 3 nitrogen and oxygen atoms in total. The van der Waals surface area contributed by atoms with Crippen LogP contribution in [0.4, 0.5) is 5.69 Å². The molecule has 2 N–H and O–H groups in total. The monoisotopic (exact) mass is 290 g/mol. The molecule has 0 bridgehead atoms. The van der Waals surface area contributed by atoms with Crippen molar-refractivity contribution in [1.29, 1.82) is 0 Å². The van der Waals surface area contributed by atoms with Gasteiger partial charge in [0.25, 0.3) is 0 Å². The summed E-state index contributed by atoms with van der Waals surface area (Å²) in [5.41, 5.74) is 0.668. The molecule has 6 heteroatoms. The average Bonchev–Trinajstić information content (AvgIpc) is 2.35. The molecule has 1 amide bonds. The summed E-state index contributed by atoms with van der Waals surface area (Å²) in [7, 11) is 0. The summed E-state index contributed by atoms with van der Waals surface area (Å²) in [5, 5.41) is 6.92. The Morgan fingerprint density at radius 1 is 1.41 bits per heavy atom. The lowest BCUT2D eigenvalue weighted by molar-refractivity contribution is -0.117. The Bertz CT molecular complexity index is 422. The highest BCUT2D eigenvalue weighted by Crippen LogP contribution is 2.25.